The molecular formula is C4H2Cl2I2O4. The second-order valence-electron chi connectivity index (χ2n) is 1.76. The van der Waals surface area contributed by atoms with Crippen LogP contribution in [0.2, 0.25) is 0 Å². The van der Waals surface area contributed by atoms with E-state index in [1.54, 1.807) is 0 Å². The Balaban J connectivity index is 5.01. The van der Waals surface area contributed by atoms with Crippen LogP contribution in [0.5, 0.6) is 0 Å². The third-order valence-electron chi connectivity index (χ3n) is 0.932. The van der Waals surface area contributed by atoms with Crippen molar-refractivity contribution in [1.29, 1.82) is 0 Å². The van der Waals surface area contributed by atoms with Gasteiger partial charge in [-0.25, -0.2) is 9.59 Å². The standard InChI is InChI=1S/C4H2Cl2I2O4/c5-3(6,1(9)10)4(7,8)2(11)12/h(H,9,10)(H,11,12). The fraction of sp³-hybridized carbons (Fsp3) is 0.500. The number of hydrogen-bond acceptors (Lipinski definition) is 2. The number of aliphatic carboxylic acids is 2. The number of halogens is 4. The predicted molar refractivity (Wildman–Crippen MR) is 60.5 cm³/mol. The van der Waals surface area contributed by atoms with Crippen LogP contribution in [-0.4, -0.2) is 27.9 Å². The van der Waals surface area contributed by atoms with Crippen molar-refractivity contribution >= 4 is 80.3 Å². The topological polar surface area (TPSA) is 74.6 Å². The maximum Gasteiger partial charge on any atom is 0.343 e. The Bertz CT molecular complexity index is 203. The van der Waals surface area contributed by atoms with Crippen molar-refractivity contribution in [1.82, 2.24) is 0 Å². The van der Waals surface area contributed by atoms with Gasteiger partial charge in [0.25, 0.3) is 0 Å². The third-order valence-corrected chi connectivity index (χ3v) is 5.64. The molecule has 0 atom stereocenters. The third kappa shape index (κ3) is 2.26. The van der Waals surface area contributed by atoms with Crippen molar-refractivity contribution < 1.29 is 19.8 Å². The summed E-state index contributed by atoms with van der Waals surface area (Å²) in [6.07, 6.45) is 0. The highest BCUT2D eigenvalue weighted by atomic mass is 127. The SMILES string of the molecule is O=C(O)C(Cl)(Cl)C(I)(I)C(=O)O. The first-order valence-corrected chi connectivity index (χ1v) is 5.27. The number of rotatable bonds is 3. The molecule has 2 N–H and O–H groups in total. The van der Waals surface area contributed by atoms with E-state index < -0.39 is 17.7 Å². The van der Waals surface area contributed by atoms with E-state index in [1.165, 1.54) is 45.2 Å². The summed E-state index contributed by atoms with van der Waals surface area (Å²) in [5, 5.41) is 17.1. The van der Waals surface area contributed by atoms with Gasteiger partial charge in [0.05, 0.1) is 0 Å². The molecule has 12 heavy (non-hydrogen) atoms. The first-order valence-electron chi connectivity index (χ1n) is 2.36. The lowest BCUT2D eigenvalue weighted by Crippen LogP contribution is -2.47. The summed E-state index contributed by atoms with van der Waals surface area (Å²) in [4.78, 5) is 21.0. The second-order valence-corrected chi connectivity index (χ2v) is 8.39. The van der Waals surface area contributed by atoms with E-state index >= 15 is 0 Å². The van der Waals surface area contributed by atoms with Crippen LogP contribution in [0.1, 0.15) is 0 Å². The summed E-state index contributed by atoms with van der Waals surface area (Å²) in [6, 6.07) is 0. The molecule has 0 heterocycles. The Morgan fingerprint density at radius 1 is 1.08 bits per heavy atom. The second kappa shape index (κ2) is 4.01. The molecule has 0 spiro atoms. The zero-order valence-corrected chi connectivity index (χ0v) is 11.0. The summed E-state index contributed by atoms with van der Waals surface area (Å²) in [5.74, 6) is -2.98. The van der Waals surface area contributed by atoms with Gasteiger partial charge in [0.2, 0.25) is 5.76 Å². The van der Waals surface area contributed by atoms with Crippen molar-refractivity contribution in [3.63, 3.8) is 0 Å². The van der Waals surface area contributed by atoms with E-state index in [9.17, 15) is 9.59 Å². The van der Waals surface area contributed by atoms with Crippen molar-refractivity contribution in [2.45, 2.75) is 5.76 Å². The van der Waals surface area contributed by atoms with Crippen LogP contribution < -0.4 is 0 Å². The predicted octanol–water partition coefficient (Wildman–Crippen LogP) is 1.90. The molecule has 70 valence electrons. The molecule has 0 aromatic rings. The van der Waals surface area contributed by atoms with Crippen LogP contribution in [-0.2, 0) is 9.59 Å². The molecule has 0 unspecified atom stereocenters. The minimum Gasteiger partial charge on any atom is -0.480 e. The molecule has 0 rings (SSSR count). The lowest BCUT2D eigenvalue weighted by molar-refractivity contribution is -0.143. The van der Waals surface area contributed by atoms with Gasteiger partial charge >= 0.3 is 11.9 Å². The zero-order valence-electron chi connectivity index (χ0n) is 5.22. The Kier molecular flexibility index (Phi) is 4.34. The van der Waals surface area contributed by atoms with Gasteiger partial charge in [-0.2, -0.15) is 0 Å². The van der Waals surface area contributed by atoms with Gasteiger partial charge in [0.1, 0.15) is 0 Å². The number of carboxylic acids is 2. The van der Waals surface area contributed by atoms with Crippen LogP contribution in [0.3, 0.4) is 0 Å². The molecule has 0 aliphatic carbocycles. The van der Waals surface area contributed by atoms with Crippen molar-refractivity contribution in [3.05, 3.63) is 0 Å². The Morgan fingerprint density at radius 2 is 1.42 bits per heavy atom. The van der Waals surface area contributed by atoms with Crippen molar-refractivity contribution in [2.24, 2.45) is 0 Å². The quantitative estimate of drug-likeness (QED) is 0.521. The van der Waals surface area contributed by atoms with Gasteiger partial charge in [-0.1, -0.05) is 68.4 Å². The monoisotopic (exact) mass is 438 g/mol. The minimum absolute atomic E-state index is 1.37. The first-order chi connectivity index (χ1) is 5.14. The van der Waals surface area contributed by atoms with E-state index in [0.29, 0.717) is 0 Å². The Hall–Kier alpha value is 0.980. The smallest absolute Gasteiger partial charge is 0.343 e. The molecule has 4 nitrogen and oxygen atoms in total. The van der Waals surface area contributed by atoms with Crippen LogP contribution in [0.25, 0.3) is 0 Å². The minimum atomic E-state index is -2.35. The number of alkyl halides is 4. The highest BCUT2D eigenvalue weighted by Gasteiger charge is 2.57. The molecule has 0 bridgehead atoms. The van der Waals surface area contributed by atoms with Gasteiger partial charge in [0.15, 0.2) is 0 Å². The molecule has 0 aromatic carbocycles. The van der Waals surface area contributed by atoms with Crippen LogP contribution in [0.4, 0.5) is 0 Å². The molecule has 0 saturated heterocycles. The molecule has 8 heteroatoms. The highest BCUT2D eigenvalue weighted by molar-refractivity contribution is 14.2. The van der Waals surface area contributed by atoms with Crippen LogP contribution in [0, 0.1) is 0 Å². The molecule has 0 radical (unpaired) electrons. The van der Waals surface area contributed by atoms with Crippen molar-refractivity contribution in [3.8, 4) is 0 Å². The number of carbonyl (C=O) groups is 2. The highest BCUT2D eigenvalue weighted by Crippen LogP contribution is 2.46. The lowest BCUT2D eigenvalue weighted by atomic mass is 10.3. The largest absolute Gasteiger partial charge is 0.480 e. The molecule has 0 aliphatic rings. The van der Waals surface area contributed by atoms with Gasteiger partial charge in [-0.15, -0.1) is 0 Å². The molecular weight excluding hydrogens is 437 g/mol. The number of hydrogen-bond donors (Lipinski definition) is 2. The molecule has 0 saturated carbocycles. The van der Waals surface area contributed by atoms with E-state index in [1.807, 2.05) is 0 Å². The molecule has 0 amide bonds. The van der Waals surface area contributed by atoms with Gasteiger partial charge in [-0.3, -0.25) is 0 Å². The van der Waals surface area contributed by atoms with Crippen LogP contribution >= 0.6 is 68.4 Å². The van der Waals surface area contributed by atoms with Gasteiger partial charge < -0.3 is 10.2 Å². The first kappa shape index (κ1) is 13.0. The average molecular weight is 439 g/mol. The normalized spacial score (nSPS) is 12.7. The summed E-state index contributed by atoms with van der Waals surface area (Å²) in [7, 11) is 0. The maximum absolute atomic E-state index is 10.5. The maximum atomic E-state index is 10.5. The molecule has 0 aliphatic heterocycles. The lowest BCUT2D eigenvalue weighted by Gasteiger charge is -2.25. The average Bonchev–Trinajstić information content (AvgIpc) is 1.86. The van der Waals surface area contributed by atoms with E-state index in [0.717, 1.165) is 0 Å². The fourth-order valence-corrected chi connectivity index (χ4v) is 0.892. The van der Waals surface area contributed by atoms with E-state index in [-0.39, 0.29) is 0 Å². The Morgan fingerprint density at radius 3 is 1.50 bits per heavy atom. The van der Waals surface area contributed by atoms with Crippen molar-refractivity contribution in [2.75, 3.05) is 0 Å². The Labute approximate surface area is 105 Å². The van der Waals surface area contributed by atoms with E-state index in [4.69, 9.17) is 33.4 Å². The zero-order chi connectivity index (χ0) is 10.2. The van der Waals surface area contributed by atoms with Gasteiger partial charge in [-0.05, 0) is 0 Å². The summed E-state index contributed by atoms with van der Waals surface area (Å²) >= 11 is 13.4. The van der Waals surface area contributed by atoms with Gasteiger partial charge in [0, 0.05) is 0 Å². The van der Waals surface area contributed by atoms with E-state index in [2.05, 4.69) is 0 Å². The van der Waals surface area contributed by atoms with Crippen LogP contribution in [0.15, 0.2) is 0 Å². The number of carboxylic acid groups (broad SMARTS) is 2. The summed E-state index contributed by atoms with van der Waals surface area (Å²) in [5.41, 5.74) is 0. The molecule has 0 fully saturated rings. The molecule has 0 aromatic heterocycles. The summed E-state index contributed by atoms with van der Waals surface area (Å²) < 4.78 is -4.14. The fourth-order valence-electron chi connectivity index (χ4n) is 0.269. The summed E-state index contributed by atoms with van der Waals surface area (Å²) in [6.45, 7) is 0.